The van der Waals surface area contributed by atoms with Crippen LogP contribution in [0.3, 0.4) is 0 Å². The minimum Gasteiger partial charge on any atom is -0.462 e. The summed E-state index contributed by atoms with van der Waals surface area (Å²) in [6.45, 7) is 3.50. The van der Waals surface area contributed by atoms with E-state index in [1.54, 1.807) is 26.0 Å². The van der Waals surface area contributed by atoms with Crippen molar-refractivity contribution in [1.29, 1.82) is 0 Å². The zero-order chi connectivity index (χ0) is 21.8. The number of amides is 1. The summed E-state index contributed by atoms with van der Waals surface area (Å²) < 4.78 is 18.0. The molecule has 0 saturated heterocycles. The number of carbonyl (C=O) groups is 2. The van der Waals surface area contributed by atoms with Gasteiger partial charge in [-0.1, -0.05) is 0 Å². The second-order valence-electron chi connectivity index (χ2n) is 6.13. The van der Waals surface area contributed by atoms with Gasteiger partial charge in [-0.15, -0.1) is 11.3 Å². The molecule has 0 aliphatic carbocycles. The van der Waals surface area contributed by atoms with Gasteiger partial charge in [-0.05, 0) is 44.2 Å². The highest BCUT2D eigenvalue weighted by Gasteiger charge is 2.20. The van der Waals surface area contributed by atoms with Crippen LogP contribution in [0.5, 0.6) is 0 Å². The van der Waals surface area contributed by atoms with Crippen LogP contribution in [0, 0.1) is 22.9 Å². The maximum absolute atomic E-state index is 13.1. The summed E-state index contributed by atoms with van der Waals surface area (Å²) in [7, 11) is 0. The van der Waals surface area contributed by atoms with Crippen molar-refractivity contribution in [1.82, 2.24) is 4.98 Å². The number of non-ortho nitro benzene ring substituents is 1. The van der Waals surface area contributed by atoms with Gasteiger partial charge in [0.2, 0.25) is 0 Å². The highest BCUT2D eigenvalue weighted by Crippen LogP contribution is 2.31. The molecule has 30 heavy (non-hydrogen) atoms. The van der Waals surface area contributed by atoms with Crippen molar-refractivity contribution >= 4 is 34.0 Å². The molecule has 10 heteroatoms. The molecule has 1 aromatic heterocycles. The van der Waals surface area contributed by atoms with Crippen LogP contribution in [0.15, 0.2) is 42.5 Å². The summed E-state index contributed by atoms with van der Waals surface area (Å²) in [6, 6.07) is 9.12. The third-order valence-electron chi connectivity index (χ3n) is 4.04. The van der Waals surface area contributed by atoms with Crippen LogP contribution in [0.2, 0.25) is 0 Å². The Morgan fingerprint density at radius 2 is 1.87 bits per heavy atom. The minimum atomic E-state index is -0.765. The van der Waals surface area contributed by atoms with Gasteiger partial charge < -0.3 is 4.74 Å². The predicted octanol–water partition coefficient (Wildman–Crippen LogP) is 4.59. The molecule has 3 aromatic rings. The minimum absolute atomic E-state index is 0.0801. The molecule has 0 aliphatic rings. The Morgan fingerprint density at radius 1 is 1.20 bits per heavy atom. The monoisotopic (exact) mass is 429 g/mol. The maximum Gasteiger partial charge on any atom is 0.338 e. The molecular weight excluding hydrogens is 413 g/mol. The Bertz CT molecular complexity index is 1130. The lowest BCUT2D eigenvalue weighted by atomic mass is 10.1. The number of aromatic nitrogens is 1. The highest BCUT2D eigenvalue weighted by molar-refractivity contribution is 7.16. The van der Waals surface area contributed by atoms with Crippen LogP contribution >= 0.6 is 11.3 Å². The molecule has 0 bridgehead atoms. The molecule has 3 rings (SSSR count). The van der Waals surface area contributed by atoms with Crippen molar-refractivity contribution in [3.05, 3.63) is 74.4 Å². The molecule has 1 amide bonds. The first-order valence-electron chi connectivity index (χ1n) is 8.79. The number of thiazole rings is 1. The van der Waals surface area contributed by atoms with Crippen molar-refractivity contribution in [2.24, 2.45) is 0 Å². The summed E-state index contributed by atoms with van der Waals surface area (Å²) in [5.74, 6) is -1.80. The normalized spacial score (nSPS) is 10.5. The standard InChI is InChI=1S/C20H16FN3O5S/c1-3-29-19(26)14-8-13(9-16(10-14)24(27)28)18(25)23-20-22-17(11(2)30-20)12-4-6-15(21)7-5-12/h4-10H,3H2,1-2H3,(H,22,23,25). The second kappa shape index (κ2) is 8.78. The van der Waals surface area contributed by atoms with Crippen LogP contribution in [0.25, 0.3) is 11.3 Å². The zero-order valence-corrected chi connectivity index (χ0v) is 16.8. The van der Waals surface area contributed by atoms with E-state index in [9.17, 15) is 24.1 Å². The van der Waals surface area contributed by atoms with E-state index in [0.29, 0.717) is 11.3 Å². The Hall–Kier alpha value is -3.66. The highest BCUT2D eigenvalue weighted by atomic mass is 32.1. The zero-order valence-electron chi connectivity index (χ0n) is 16.0. The largest absolute Gasteiger partial charge is 0.462 e. The molecule has 1 heterocycles. The average Bonchev–Trinajstić information content (AvgIpc) is 3.08. The van der Waals surface area contributed by atoms with E-state index in [2.05, 4.69) is 10.3 Å². The summed E-state index contributed by atoms with van der Waals surface area (Å²) in [6.07, 6.45) is 0. The van der Waals surface area contributed by atoms with Gasteiger partial charge in [0.15, 0.2) is 5.13 Å². The quantitative estimate of drug-likeness (QED) is 0.348. The molecule has 2 aromatic carbocycles. The van der Waals surface area contributed by atoms with Crippen LogP contribution in [-0.2, 0) is 4.74 Å². The first-order valence-corrected chi connectivity index (χ1v) is 9.61. The van der Waals surface area contributed by atoms with E-state index >= 15 is 0 Å². The fourth-order valence-corrected chi connectivity index (χ4v) is 3.51. The maximum atomic E-state index is 13.1. The van der Waals surface area contributed by atoms with E-state index in [1.165, 1.54) is 29.5 Å². The number of hydrogen-bond acceptors (Lipinski definition) is 7. The van der Waals surface area contributed by atoms with Crippen LogP contribution in [0.1, 0.15) is 32.5 Å². The number of carbonyl (C=O) groups excluding carboxylic acids is 2. The third kappa shape index (κ3) is 4.66. The first-order chi connectivity index (χ1) is 14.3. The fourth-order valence-electron chi connectivity index (χ4n) is 2.67. The summed E-state index contributed by atoms with van der Waals surface area (Å²) >= 11 is 1.20. The van der Waals surface area contributed by atoms with E-state index in [4.69, 9.17) is 4.74 Å². The Balaban J connectivity index is 1.89. The Kier molecular flexibility index (Phi) is 6.17. The SMILES string of the molecule is CCOC(=O)c1cc(C(=O)Nc2nc(-c3ccc(F)cc3)c(C)s2)cc([N+](=O)[O-])c1. The van der Waals surface area contributed by atoms with Crippen molar-refractivity contribution in [2.45, 2.75) is 13.8 Å². The number of aryl methyl sites for hydroxylation is 1. The molecule has 1 N–H and O–H groups in total. The molecule has 0 aliphatic heterocycles. The number of benzene rings is 2. The number of anilines is 1. The fraction of sp³-hybridized carbons (Fsp3) is 0.150. The van der Waals surface area contributed by atoms with Crippen LogP contribution in [0.4, 0.5) is 15.2 Å². The number of esters is 1. The molecule has 0 atom stereocenters. The van der Waals surface area contributed by atoms with Gasteiger partial charge in [-0.3, -0.25) is 20.2 Å². The summed E-state index contributed by atoms with van der Waals surface area (Å²) in [5, 5.41) is 14.0. The molecule has 0 fully saturated rings. The van der Waals surface area contributed by atoms with Gasteiger partial charge >= 0.3 is 5.97 Å². The number of hydrogen-bond donors (Lipinski definition) is 1. The number of nitrogens with zero attached hydrogens (tertiary/aromatic N) is 2. The third-order valence-corrected chi connectivity index (χ3v) is 4.92. The van der Waals surface area contributed by atoms with Crippen molar-refractivity contribution in [3.8, 4) is 11.3 Å². The van der Waals surface area contributed by atoms with Gasteiger partial charge in [-0.2, -0.15) is 0 Å². The second-order valence-corrected chi connectivity index (χ2v) is 7.33. The van der Waals surface area contributed by atoms with Crippen molar-refractivity contribution in [3.63, 3.8) is 0 Å². The topological polar surface area (TPSA) is 111 Å². The van der Waals surface area contributed by atoms with E-state index in [-0.39, 0.29) is 28.7 Å². The van der Waals surface area contributed by atoms with E-state index in [1.807, 2.05) is 0 Å². The predicted molar refractivity (Wildman–Crippen MR) is 109 cm³/mol. The van der Waals surface area contributed by atoms with Gasteiger partial charge in [0.1, 0.15) is 5.82 Å². The Labute approximate surface area is 174 Å². The van der Waals surface area contributed by atoms with Crippen molar-refractivity contribution in [2.75, 3.05) is 11.9 Å². The van der Waals surface area contributed by atoms with Crippen LogP contribution < -0.4 is 5.32 Å². The van der Waals surface area contributed by atoms with Gasteiger partial charge in [0.25, 0.3) is 11.6 Å². The van der Waals surface area contributed by atoms with Crippen LogP contribution in [-0.4, -0.2) is 28.4 Å². The number of nitrogens with one attached hydrogen (secondary N) is 1. The molecule has 0 radical (unpaired) electrons. The average molecular weight is 429 g/mol. The lowest BCUT2D eigenvalue weighted by Crippen LogP contribution is -2.14. The summed E-state index contributed by atoms with van der Waals surface area (Å²) in [4.78, 5) is 40.3. The summed E-state index contributed by atoms with van der Waals surface area (Å²) in [5.41, 5.74) is 0.683. The number of rotatable bonds is 6. The lowest BCUT2D eigenvalue weighted by Gasteiger charge is -2.06. The van der Waals surface area contributed by atoms with Crippen molar-refractivity contribution < 1.29 is 23.6 Å². The molecule has 0 unspecified atom stereocenters. The van der Waals surface area contributed by atoms with E-state index < -0.39 is 22.5 Å². The lowest BCUT2D eigenvalue weighted by molar-refractivity contribution is -0.384. The van der Waals surface area contributed by atoms with Gasteiger partial charge in [-0.25, -0.2) is 14.2 Å². The number of nitro groups is 1. The van der Waals surface area contributed by atoms with Gasteiger partial charge in [0, 0.05) is 28.1 Å². The number of halogens is 1. The van der Waals surface area contributed by atoms with E-state index in [0.717, 1.165) is 17.0 Å². The smallest absolute Gasteiger partial charge is 0.338 e. The Morgan fingerprint density at radius 3 is 2.50 bits per heavy atom. The molecule has 0 spiro atoms. The number of nitro benzene ring substituents is 1. The first kappa shape index (κ1) is 21.1. The van der Waals surface area contributed by atoms with Gasteiger partial charge in [0.05, 0.1) is 22.8 Å². The number of ether oxygens (including phenoxy) is 1. The molecule has 0 saturated carbocycles. The molecule has 154 valence electrons. The molecule has 8 nitrogen and oxygen atoms in total. The molecular formula is C20H16FN3O5S.